The standard InChI is InChI=1S/C30H32N2O5S/c1-17(2)32(29(34)21-10-8-18(3)9-11-21)23-16-25(38-27(23)30(35)36-4)19-12-14-20(15-13-19)28-31-22-6-5-7-24(33)26(22)37-28/h5-7,12-18,21,33H,8-11H2,1-4H3/t18-,21-. The number of carbonyl (C=O) groups excluding carboxylic acids is 2. The number of aromatic hydroxyl groups is 1. The molecule has 1 N–H and O–H groups in total. The highest BCUT2D eigenvalue weighted by atomic mass is 32.1. The molecule has 4 aromatic rings. The van der Waals surface area contributed by atoms with Gasteiger partial charge < -0.3 is 19.2 Å². The number of nitrogens with zero attached hydrogens (tertiary/aromatic N) is 2. The fourth-order valence-corrected chi connectivity index (χ4v) is 6.20. The molecule has 2 aromatic carbocycles. The Morgan fingerprint density at radius 3 is 2.39 bits per heavy atom. The summed E-state index contributed by atoms with van der Waals surface area (Å²) in [6, 6.07) is 14.5. The summed E-state index contributed by atoms with van der Waals surface area (Å²) in [5, 5.41) is 10.0. The van der Waals surface area contributed by atoms with Crippen molar-refractivity contribution < 1.29 is 23.8 Å². The van der Waals surface area contributed by atoms with E-state index in [9.17, 15) is 14.7 Å². The number of anilines is 1. The molecule has 1 saturated carbocycles. The Balaban J connectivity index is 1.48. The zero-order valence-electron chi connectivity index (χ0n) is 22.1. The Hall–Kier alpha value is -3.65. The second-order valence-electron chi connectivity index (χ2n) is 10.3. The molecule has 38 heavy (non-hydrogen) atoms. The van der Waals surface area contributed by atoms with Crippen LogP contribution in [-0.4, -0.2) is 35.1 Å². The maximum atomic E-state index is 13.7. The quantitative estimate of drug-likeness (QED) is 0.262. The normalized spacial score (nSPS) is 17.6. The summed E-state index contributed by atoms with van der Waals surface area (Å²) in [4.78, 5) is 34.1. The van der Waals surface area contributed by atoms with Crippen LogP contribution in [-0.2, 0) is 9.53 Å². The molecule has 0 aliphatic heterocycles. The summed E-state index contributed by atoms with van der Waals surface area (Å²) >= 11 is 1.32. The highest BCUT2D eigenvalue weighted by Crippen LogP contribution is 2.41. The van der Waals surface area contributed by atoms with E-state index in [2.05, 4.69) is 11.9 Å². The molecule has 0 bridgehead atoms. The van der Waals surface area contributed by atoms with Crippen LogP contribution >= 0.6 is 11.3 Å². The molecule has 0 saturated heterocycles. The molecule has 2 heterocycles. The molecule has 0 unspecified atom stereocenters. The molecular weight excluding hydrogens is 500 g/mol. The van der Waals surface area contributed by atoms with Gasteiger partial charge in [0.1, 0.15) is 10.4 Å². The van der Waals surface area contributed by atoms with Gasteiger partial charge in [-0.05, 0) is 81.3 Å². The van der Waals surface area contributed by atoms with Gasteiger partial charge in [0.2, 0.25) is 11.8 Å². The number of carbonyl (C=O) groups is 2. The van der Waals surface area contributed by atoms with Gasteiger partial charge in [-0.2, -0.15) is 0 Å². The van der Waals surface area contributed by atoms with Crippen LogP contribution in [0.3, 0.4) is 0 Å². The first-order chi connectivity index (χ1) is 18.3. The van der Waals surface area contributed by atoms with E-state index in [-0.39, 0.29) is 23.6 Å². The van der Waals surface area contributed by atoms with Crippen LogP contribution in [0.25, 0.3) is 33.0 Å². The second kappa shape index (κ2) is 10.6. The Bertz CT molecular complexity index is 1460. The number of oxazole rings is 1. The number of ether oxygens (including phenoxy) is 1. The van der Waals surface area contributed by atoms with Crippen molar-refractivity contribution in [1.29, 1.82) is 0 Å². The first kappa shape index (κ1) is 26.0. The highest BCUT2D eigenvalue weighted by Gasteiger charge is 2.33. The molecule has 5 rings (SSSR count). The smallest absolute Gasteiger partial charge is 0.350 e. The first-order valence-electron chi connectivity index (χ1n) is 13.0. The molecule has 7 nitrogen and oxygen atoms in total. The van der Waals surface area contributed by atoms with Crippen molar-refractivity contribution in [2.24, 2.45) is 11.8 Å². The summed E-state index contributed by atoms with van der Waals surface area (Å²) in [6.07, 6.45) is 3.85. The molecule has 1 aliphatic carbocycles. The molecule has 8 heteroatoms. The lowest BCUT2D eigenvalue weighted by Crippen LogP contribution is -2.42. The van der Waals surface area contributed by atoms with Gasteiger partial charge in [0, 0.05) is 22.4 Å². The molecular formula is C30H32N2O5S. The molecule has 1 aliphatic rings. The number of hydrogen-bond acceptors (Lipinski definition) is 7. The third-order valence-electron chi connectivity index (χ3n) is 7.27. The van der Waals surface area contributed by atoms with E-state index >= 15 is 0 Å². The number of thiophene rings is 1. The van der Waals surface area contributed by atoms with Crippen LogP contribution in [0.4, 0.5) is 5.69 Å². The number of esters is 1. The summed E-state index contributed by atoms with van der Waals surface area (Å²) in [7, 11) is 1.36. The average molecular weight is 533 g/mol. The number of benzene rings is 2. The largest absolute Gasteiger partial charge is 0.504 e. The molecule has 1 fully saturated rings. The van der Waals surface area contributed by atoms with E-state index in [0.717, 1.165) is 41.7 Å². The Morgan fingerprint density at radius 2 is 1.76 bits per heavy atom. The number of phenolic OH excluding ortho intramolecular Hbond substituents is 1. The lowest BCUT2D eigenvalue weighted by Gasteiger charge is -2.33. The van der Waals surface area contributed by atoms with Gasteiger partial charge in [0.15, 0.2) is 11.3 Å². The Kier molecular flexibility index (Phi) is 7.25. The van der Waals surface area contributed by atoms with Crippen LogP contribution in [0.5, 0.6) is 5.75 Å². The van der Waals surface area contributed by atoms with Crippen molar-refractivity contribution in [2.45, 2.75) is 52.5 Å². The van der Waals surface area contributed by atoms with Gasteiger partial charge in [-0.25, -0.2) is 9.78 Å². The average Bonchev–Trinajstić information content (AvgIpc) is 3.55. The number of aromatic nitrogens is 1. The summed E-state index contributed by atoms with van der Waals surface area (Å²) in [6.45, 7) is 6.20. The summed E-state index contributed by atoms with van der Waals surface area (Å²) in [5.74, 6) is 0.705. The number of para-hydroxylation sites is 1. The van der Waals surface area contributed by atoms with E-state index in [0.29, 0.717) is 33.5 Å². The number of hydrogen-bond donors (Lipinski definition) is 1. The van der Waals surface area contributed by atoms with Crippen molar-refractivity contribution in [1.82, 2.24) is 4.98 Å². The van der Waals surface area contributed by atoms with E-state index in [1.54, 1.807) is 23.1 Å². The monoisotopic (exact) mass is 532 g/mol. The number of phenols is 1. The zero-order chi connectivity index (χ0) is 27.0. The maximum Gasteiger partial charge on any atom is 0.350 e. The predicted octanol–water partition coefficient (Wildman–Crippen LogP) is 7.28. The van der Waals surface area contributed by atoms with Crippen molar-refractivity contribution in [3.05, 3.63) is 53.4 Å². The van der Waals surface area contributed by atoms with Crippen molar-refractivity contribution in [2.75, 3.05) is 12.0 Å². The van der Waals surface area contributed by atoms with Crippen LogP contribution in [0.1, 0.15) is 56.1 Å². The molecule has 0 spiro atoms. The topological polar surface area (TPSA) is 92.9 Å². The minimum absolute atomic E-state index is 0.0301. The van der Waals surface area contributed by atoms with Crippen molar-refractivity contribution in [3.63, 3.8) is 0 Å². The minimum Gasteiger partial charge on any atom is -0.504 e. The molecule has 2 aromatic heterocycles. The number of methoxy groups -OCH3 is 1. The third-order valence-corrected chi connectivity index (χ3v) is 8.43. The molecule has 1 amide bonds. The zero-order valence-corrected chi connectivity index (χ0v) is 22.9. The second-order valence-corrected chi connectivity index (χ2v) is 11.3. The van der Waals surface area contributed by atoms with E-state index in [1.807, 2.05) is 44.2 Å². The Morgan fingerprint density at radius 1 is 1.08 bits per heavy atom. The number of rotatable bonds is 6. The van der Waals surface area contributed by atoms with E-state index < -0.39 is 5.97 Å². The lowest BCUT2D eigenvalue weighted by molar-refractivity contribution is -0.123. The van der Waals surface area contributed by atoms with Gasteiger partial charge in [-0.3, -0.25) is 4.79 Å². The van der Waals surface area contributed by atoms with E-state index in [4.69, 9.17) is 9.15 Å². The fourth-order valence-electron chi connectivity index (χ4n) is 5.13. The molecule has 0 atom stereocenters. The Labute approximate surface area is 226 Å². The fraction of sp³-hybridized carbons (Fsp3) is 0.367. The number of fused-ring (bicyclic) bond motifs is 1. The van der Waals surface area contributed by atoms with Gasteiger partial charge >= 0.3 is 5.97 Å². The van der Waals surface area contributed by atoms with Gasteiger partial charge in [-0.15, -0.1) is 11.3 Å². The van der Waals surface area contributed by atoms with Crippen molar-refractivity contribution in [3.8, 4) is 27.6 Å². The first-order valence-corrected chi connectivity index (χ1v) is 13.8. The van der Waals surface area contributed by atoms with Gasteiger partial charge in [0.05, 0.1) is 12.8 Å². The SMILES string of the molecule is COC(=O)c1sc(-c2ccc(-c3nc4cccc(O)c4o3)cc2)cc1N(C(=O)[C@H]1CC[C@H](C)CC1)C(C)C. The number of amides is 1. The third kappa shape index (κ3) is 4.92. The molecule has 0 radical (unpaired) electrons. The van der Waals surface area contributed by atoms with Gasteiger partial charge in [-0.1, -0.05) is 25.1 Å². The summed E-state index contributed by atoms with van der Waals surface area (Å²) in [5.41, 5.74) is 3.20. The van der Waals surface area contributed by atoms with E-state index in [1.165, 1.54) is 18.4 Å². The van der Waals surface area contributed by atoms with Gasteiger partial charge in [0.25, 0.3) is 0 Å². The van der Waals surface area contributed by atoms with Crippen molar-refractivity contribution >= 4 is 40.0 Å². The highest BCUT2D eigenvalue weighted by molar-refractivity contribution is 7.18. The molecule has 198 valence electrons. The van der Waals surface area contributed by atoms with Crippen LogP contribution in [0.2, 0.25) is 0 Å². The predicted molar refractivity (Wildman–Crippen MR) is 150 cm³/mol. The summed E-state index contributed by atoms with van der Waals surface area (Å²) < 4.78 is 10.9. The maximum absolute atomic E-state index is 13.7. The van der Waals surface area contributed by atoms with Crippen LogP contribution < -0.4 is 4.90 Å². The van der Waals surface area contributed by atoms with Crippen LogP contribution in [0, 0.1) is 11.8 Å². The van der Waals surface area contributed by atoms with Crippen LogP contribution in [0.15, 0.2) is 52.9 Å². The minimum atomic E-state index is -0.449. The lowest BCUT2D eigenvalue weighted by atomic mass is 9.82.